The molecule has 0 aromatic heterocycles. The molecule has 0 aromatic rings. The minimum absolute atomic E-state index is 0.660. The molecule has 0 heterocycles. The van der Waals surface area contributed by atoms with Crippen molar-refractivity contribution >= 4 is 8.80 Å². The molecular formula is C10H26N2O3Si. The zero-order valence-electron chi connectivity index (χ0n) is 10.8. The Hall–Kier alpha value is 0.0169. The van der Waals surface area contributed by atoms with Gasteiger partial charge in [-0.25, -0.2) is 0 Å². The fourth-order valence-electron chi connectivity index (χ4n) is 1.46. The number of hydrogen-bond donors (Lipinski definition) is 2. The van der Waals surface area contributed by atoms with Gasteiger partial charge < -0.3 is 24.3 Å². The minimum atomic E-state index is -2.42. The smallest absolute Gasteiger partial charge is 0.376 e. The van der Waals surface area contributed by atoms with Crippen molar-refractivity contribution in [3.63, 3.8) is 0 Å². The van der Waals surface area contributed by atoms with Crippen LogP contribution in [0.4, 0.5) is 0 Å². The van der Waals surface area contributed by atoms with Gasteiger partial charge in [0.2, 0.25) is 0 Å². The quantitative estimate of drug-likeness (QED) is 0.413. The molecule has 16 heavy (non-hydrogen) atoms. The second-order valence-corrected chi connectivity index (χ2v) is 6.62. The Morgan fingerprint density at radius 3 is 2.00 bits per heavy atom. The molecule has 0 unspecified atom stereocenters. The van der Waals surface area contributed by atoms with Gasteiger partial charge in [0.15, 0.2) is 0 Å². The summed E-state index contributed by atoms with van der Waals surface area (Å²) in [5.74, 6) is 0. The van der Waals surface area contributed by atoms with Crippen molar-refractivity contribution in [1.82, 2.24) is 5.32 Å². The summed E-state index contributed by atoms with van der Waals surface area (Å²) < 4.78 is 15.9. The van der Waals surface area contributed by atoms with Crippen LogP contribution < -0.4 is 11.1 Å². The lowest BCUT2D eigenvalue weighted by molar-refractivity contribution is 0.122. The van der Waals surface area contributed by atoms with Crippen molar-refractivity contribution in [2.75, 3.05) is 40.6 Å². The molecule has 5 nitrogen and oxygen atoms in total. The van der Waals surface area contributed by atoms with Crippen LogP contribution in [0.15, 0.2) is 0 Å². The van der Waals surface area contributed by atoms with Crippen LogP contribution in [0.1, 0.15) is 25.7 Å². The van der Waals surface area contributed by atoms with Crippen LogP contribution >= 0.6 is 0 Å². The highest BCUT2D eigenvalue weighted by Crippen LogP contribution is 2.04. The second-order valence-electron chi connectivity index (χ2n) is 3.68. The standard InChI is InChI=1S/C10H26N2O3Si/c1-13-16(14-2,15-3)10-12-9-7-5-4-6-8-11/h12H,4-11H2,1-3H3. The van der Waals surface area contributed by atoms with E-state index < -0.39 is 8.80 Å². The van der Waals surface area contributed by atoms with E-state index in [0.29, 0.717) is 6.17 Å². The predicted molar refractivity (Wildman–Crippen MR) is 67.2 cm³/mol. The predicted octanol–water partition coefficient (Wildman–Crippen LogP) is 0.512. The largest absolute Gasteiger partial charge is 0.514 e. The highest BCUT2D eigenvalue weighted by molar-refractivity contribution is 6.60. The van der Waals surface area contributed by atoms with Crippen molar-refractivity contribution < 1.29 is 13.3 Å². The van der Waals surface area contributed by atoms with Gasteiger partial charge in [0, 0.05) is 21.3 Å². The molecule has 0 amide bonds. The molecule has 0 bridgehead atoms. The zero-order valence-corrected chi connectivity index (χ0v) is 11.8. The van der Waals surface area contributed by atoms with E-state index in [1.165, 1.54) is 12.8 Å². The molecule has 0 saturated heterocycles. The third-order valence-corrected chi connectivity index (χ3v) is 5.13. The summed E-state index contributed by atoms with van der Waals surface area (Å²) in [7, 11) is 2.46. The van der Waals surface area contributed by atoms with Gasteiger partial charge in [0.25, 0.3) is 0 Å². The van der Waals surface area contributed by atoms with Gasteiger partial charge in [-0.3, -0.25) is 0 Å². The van der Waals surface area contributed by atoms with Crippen LogP contribution in [0.5, 0.6) is 0 Å². The average molecular weight is 250 g/mol. The lowest BCUT2D eigenvalue weighted by Gasteiger charge is -2.24. The van der Waals surface area contributed by atoms with E-state index in [2.05, 4.69) is 5.32 Å². The Bertz CT molecular complexity index is 149. The van der Waals surface area contributed by atoms with Gasteiger partial charge in [-0.15, -0.1) is 0 Å². The first kappa shape index (κ1) is 16.0. The lowest BCUT2D eigenvalue weighted by Crippen LogP contribution is -2.52. The Morgan fingerprint density at radius 1 is 0.938 bits per heavy atom. The van der Waals surface area contributed by atoms with E-state index in [-0.39, 0.29) is 0 Å². The summed E-state index contributed by atoms with van der Waals surface area (Å²) in [5.41, 5.74) is 5.42. The Morgan fingerprint density at radius 2 is 1.50 bits per heavy atom. The van der Waals surface area contributed by atoms with E-state index in [9.17, 15) is 0 Å². The van der Waals surface area contributed by atoms with Crippen molar-refractivity contribution in [3.8, 4) is 0 Å². The first-order chi connectivity index (χ1) is 7.74. The maximum absolute atomic E-state index is 5.42. The van der Waals surface area contributed by atoms with Gasteiger partial charge in [-0.1, -0.05) is 12.8 Å². The highest BCUT2D eigenvalue weighted by atomic mass is 28.4. The SMILES string of the molecule is CO[Si](CNCCCCCCN)(OC)OC. The summed E-state index contributed by atoms with van der Waals surface area (Å²) in [4.78, 5) is 0. The lowest BCUT2D eigenvalue weighted by atomic mass is 10.2. The van der Waals surface area contributed by atoms with E-state index >= 15 is 0 Å². The van der Waals surface area contributed by atoms with Gasteiger partial charge in [-0.05, 0) is 25.9 Å². The maximum atomic E-state index is 5.42. The Labute approximate surface area is 100 Å². The van der Waals surface area contributed by atoms with Gasteiger partial charge in [0.05, 0.1) is 6.17 Å². The fraction of sp³-hybridized carbons (Fsp3) is 1.00. The van der Waals surface area contributed by atoms with Crippen LogP contribution in [-0.2, 0) is 13.3 Å². The molecule has 0 saturated carbocycles. The first-order valence-electron chi connectivity index (χ1n) is 5.81. The first-order valence-corrected chi connectivity index (χ1v) is 7.74. The Kier molecular flexibility index (Phi) is 10.2. The van der Waals surface area contributed by atoms with E-state index in [0.717, 1.165) is 25.9 Å². The monoisotopic (exact) mass is 250 g/mol. The molecule has 0 rings (SSSR count). The van der Waals surface area contributed by atoms with Crippen LogP contribution in [0, 0.1) is 0 Å². The third kappa shape index (κ3) is 6.57. The molecule has 0 fully saturated rings. The van der Waals surface area contributed by atoms with E-state index in [4.69, 9.17) is 19.0 Å². The molecule has 0 radical (unpaired) electrons. The van der Waals surface area contributed by atoms with Crippen LogP contribution in [0.3, 0.4) is 0 Å². The molecule has 0 spiro atoms. The number of nitrogens with two attached hydrogens (primary N) is 1. The number of unbranched alkanes of at least 4 members (excludes halogenated alkanes) is 3. The fourth-order valence-corrected chi connectivity index (χ4v) is 2.87. The second kappa shape index (κ2) is 10.2. The molecule has 3 N–H and O–H groups in total. The zero-order chi connectivity index (χ0) is 12.3. The normalized spacial score (nSPS) is 12.0. The summed E-state index contributed by atoms with van der Waals surface area (Å²) in [6, 6.07) is 0. The molecule has 98 valence electrons. The van der Waals surface area contributed by atoms with Crippen molar-refractivity contribution in [3.05, 3.63) is 0 Å². The average Bonchev–Trinajstić information content (AvgIpc) is 2.34. The van der Waals surface area contributed by atoms with Crippen LogP contribution in [0.25, 0.3) is 0 Å². The third-order valence-electron chi connectivity index (χ3n) is 2.58. The Balaban J connectivity index is 3.48. The molecule has 0 aliphatic carbocycles. The van der Waals surface area contributed by atoms with Gasteiger partial charge >= 0.3 is 8.80 Å². The van der Waals surface area contributed by atoms with Crippen molar-refractivity contribution in [1.29, 1.82) is 0 Å². The number of hydrogen-bond acceptors (Lipinski definition) is 5. The number of rotatable bonds is 11. The number of nitrogens with one attached hydrogen (secondary N) is 1. The van der Waals surface area contributed by atoms with Crippen LogP contribution in [-0.4, -0.2) is 49.4 Å². The van der Waals surface area contributed by atoms with Crippen molar-refractivity contribution in [2.45, 2.75) is 25.7 Å². The van der Waals surface area contributed by atoms with E-state index in [1.54, 1.807) is 21.3 Å². The summed E-state index contributed by atoms with van der Waals surface area (Å²) in [6.07, 6.45) is 5.35. The topological polar surface area (TPSA) is 65.7 Å². The van der Waals surface area contributed by atoms with Crippen LogP contribution in [0.2, 0.25) is 0 Å². The van der Waals surface area contributed by atoms with Crippen molar-refractivity contribution in [2.24, 2.45) is 5.73 Å². The summed E-state index contributed by atoms with van der Waals surface area (Å²) >= 11 is 0. The van der Waals surface area contributed by atoms with E-state index in [1.807, 2.05) is 0 Å². The summed E-state index contributed by atoms with van der Waals surface area (Å²) in [6.45, 7) is 1.76. The van der Waals surface area contributed by atoms with Gasteiger partial charge in [0.1, 0.15) is 0 Å². The maximum Gasteiger partial charge on any atom is 0.514 e. The highest BCUT2D eigenvalue weighted by Gasteiger charge is 2.37. The van der Waals surface area contributed by atoms with Gasteiger partial charge in [-0.2, -0.15) is 0 Å². The minimum Gasteiger partial charge on any atom is -0.376 e. The summed E-state index contributed by atoms with van der Waals surface area (Å²) in [5, 5.41) is 3.31. The molecule has 0 aliphatic rings. The molecule has 0 aliphatic heterocycles. The molecule has 6 heteroatoms. The molecular weight excluding hydrogens is 224 g/mol. The molecule has 0 aromatic carbocycles. The molecule has 0 atom stereocenters.